The number of rotatable bonds is 3. The van der Waals surface area contributed by atoms with E-state index in [1.54, 1.807) is 7.11 Å². The predicted octanol–water partition coefficient (Wildman–Crippen LogP) is 2.13. The van der Waals surface area contributed by atoms with Crippen molar-refractivity contribution in [1.82, 2.24) is 0 Å². The van der Waals surface area contributed by atoms with Crippen molar-refractivity contribution in [1.29, 1.82) is 0 Å². The van der Waals surface area contributed by atoms with E-state index in [4.69, 9.17) is 9.47 Å². The first-order valence-electron chi connectivity index (χ1n) is 4.71. The molecule has 3 unspecified atom stereocenters. The van der Waals surface area contributed by atoms with Crippen molar-refractivity contribution in [3.05, 3.63) is 23.8 Å². The fourth-order valence-corrected chi connectivity index (χ4v) is 2.28. The Hall–Kier alpha value is -0.600. The monoisotopic (exact) mass is 180 g/mol. The molecule has 0 radical (unpaired) electrons. The molecule has 0 heterocycles. The van der Waals surface area contributed by atoms with E-state index in [9.17, 15) is 0 Å². The second-order valence-electron chi connectivity index (χ2n) is 3.92. The van der Waals surface area contributed by atoms with Crippen LogP contribution in [0.15, 0.2) is 23.8 Å². The SMILES string of the molecule is C=C1C2CC1C(OCOC)C=C2C. The molecule has 0 aromatic heterocycles. The number of hydrogen-bond acceptors (Lipinski definition) is 2. The summed E-state index contributed by atoms with van der Waals surface area (Å²) < 4.78 is 10.5. The van der Waals surface area contributed by atoms with Gasteiger partial charge in [-0.2, -0.15) is 0 Å². The Labute approximate surface area is 79.2 Å². The first-order valence-corrected chi connectivity index (χ1v) is 4.71. The van der Waals surface area contributed by atoms with Crippen LogP contribution in [-0.2, 0) is 9.47 Å². The van der Waals surface area contributed by atoms with Crippen LogP contribution in [-0.4, -0.2) is 20.0 Å². The summed E-state index contributed by atoms with van der Waals surface area (Å²) in [5, 5.41) is 0. The fourth-order valence-electron chi connectivity index (χ4n) is 2.28. The summed E-state index contributed by atoms with van der Waals surface area (Å²) in [6.45, 7) is 6.63. The molecule has 3 atom stereocenters. The number of ether oxygens (including phenoxy) is 2. The van der Waals surface area contributed by atoms with Gasteiger partial charge >= 0.3 is 0 Å². The highest BCUT2D eigenvalue weighted by Crippen LogP contribution is 2.50. The topological polar surface area (TPSA) is 18.5 Å². The van der Waals surface area contributed by atoms with E-state index in [-0.39, 0.29) is 6.10 Å². The summed E-state index contributed by atoms with van der Waals surface area (Å²) in [5.74, 6) is 1.19. The van der Waals surface area contributed by atoms with Gasteiger partial charge in [-0.05, 0) is 13.3 Å². The van der Waals surface area contributed by atoms with E-state index in [1.165, 1.54) is 17.6 Å². The van der Waals surface area contributed by atoms with E-state index in [2.05, 4.69) is 19.6 Å². The highest BCUT2D eigenvalue weighted by atomic mass is 16.7. The van der Waals surface area contributed by atoms with Crippen molar-refractivity contribution in [2.75, 3.05) is 13.9 Å². The quantitative estimate of drug-likeness (QED) is 0.489. The van der Waals surface area contributed by atoms with Gasteiger partial charge in [0.25, 0.3) is 0 Å². The highest BCUT2D eigenvalue weighted by molar-refractivity contribution is 5.35. The first-order chi connectivity index (χ1) is 6.24. The molecular weight excluding hydrogens is 164 g/mol. The third-order valence-corrected chi connectivity index (χ3v) is 3.17. The molecule has 0 N–H and O–H groups in total. The van der Waals surface area contributed by atoms with E-state index in [1.807, 2.05) is 0 Å². The maximum absolute atomic E-state index is 5.56. The van der Waals surface area contributed by atoms with Gasteiger partial charge in [0.2, 0.25) is 0 Å². The van der Waals surface area contributed by atoms with Gasteiger partial charge in [-0.15, -0.1) is 0 Å². The Bertz CT molecular complexity index is 255. The fraction of sp³-hybridized carbons (Fsp3) is 0.636. The zero-order valence-corrected chi connectivity index (χ0v) is 8.25. The molecule has 0 aromatic rings. The second-order valence-corrected chi connectivity index (χ2v) is 3.92. The first kappa shape index (κ1) is 8.97. The lowest BCUT2D eigenvalue weighted by Gasteiger charge is -2.47. The lowest BCUT2D eigenvalue weighted by Crippen LogP contribution is -2.42. The molecule has 3 aliphatic rings. The minimum atomic E-state index is 0.206. The van der Waals surface area contributed by atoms with Gasteiger partial charge in [0.1, 0.15) is 6.79 Å². The second kappa shape index (κ2) is 3.28. The van der Waals surface area contributed by atoms with Crippen LogP contribution in [0.4, 0.5) is 0 Å². The molecule has 0 spiro atoms. The number of methoxy groups -OCH3 is 1. The van der Waals surface area contributed by atoms with E-state index < -0.39 is 0 Å². The van der Waals surface area contributed by atoms with Crippen LogP contribution in [0, 0.1) is 11.8 Å². The normalized spacial score (nSPS) is 36.9. The van der Waals surface area contributed by atoms with Crippen molar-refractivity contribution in [2.24, 2.45) is 11.8 Å². The lowest BCUT2D eigenvalue weighted by atomic mass is 9.61. The smallest absolute Gasteiger partial charge is 0.147 e. The molecule has 3 aliphatic carbocycles. The number of fused-ring (bicyclic) bond motifs is 1. The molecule has 0 aliphatic heterocycles. The number of allylic oxidation sites excluding steroid dienone is 1. The summed E-state index contributed by atoms with van der Waals surface area (Å²) in [4.78, 5) is 0. The molecule has 0 amide bonds. The zero-order chi connectivity index (χ0) is 9.42. The van der Waals surface area contributed by atoms with Crippen LogP contribution < -0.4 is 0 Å². The largest absolute Gasteiger partial charge is 0.359 e. The van der Waals surface area contributed by atoms with Crippen molar-refractivity contribution in [3.63, 3.8) is 0 Å². The van der Waals surface area contributed by atoms with Crippen LogP contribution in [0.2, 0.25) is 0 Å². The van der Waals surface area contributed by atoms with Crippen LogP contribution in [0.25, 0.3) is 0 Å². The van der Waals surface area contributed by atoms with Gasteiger partial charge in [-0.25, -0.2) is 0 Å². The van der Waals surface area contributed by atoms with Crippen molar-refractivity contribution in [2.45, 2.75) is 19.4 Å². The maximum atomic E-state index is 5.56. The van der Waals surface area contributed by atoms with E-state index in [0.717, 1.165) is 0 Å². The van der Waals surface area contributed by atoms with E-state index >= 15 is 0 Å². The molecule has 13 heavy (non-hydrogen) atoms. The standard InChI is InChI=1S/C11H16O2/c1-7-4-11(13-6-12-3)10-5-9(7)8(10)2/h4,9-11H,2,5-6H2,1,3H3. The molecule has 72 valence electrons. The van der Waals surface area contributed by atoms with Gasteiger partial charge in [0, 0.05) is 18.9 Å². The molecule has 1 fully saturated rings. The Morgan fingerprint density at radius 1 is 1.62 bits per heavy atom. The van der Waals surface area contributed by atoms with Gasteiger partial charge in [0.05, 0.1) is 6.10 Å². The summed E-state index contributed by atoms with van der Waals surface area (Å²) in [5.41, 5.74) is 2.76. The van der Waals surface area contributed by atoms with Gasteiger partial charge in [0.15, 0.2) is 0 Å². The predicted molar refractivity (Wildman–Crippen MR) is 51.2 cm³/mol. The molecule has 1 saturated carbocycles. The molecule has 0 aromatic carbocycles. The average molecular weight is 180 g/mol. The summed E-state index contributed by atoms with van der Waals surface area (Å²) in [6, 6.07) is 0. The Kier molecular flexibility index (Phi) is 2.26. The zero-order valence-electron chi connectivity index (χ0n) is 8.25. The summed E-state index contributed by atoms with van der Waals surface area (Å²) in [6.07, 6.45) is 3.64. The minimum Gasteiger partial charge on any atom is -0.359 e. The average Bonchev–Trinajstić information content (AvgIpc) is 2.12. The van der Waals surface area contributed by atoms with Crippen molar-refractivity contribution in [3.8, 4) is 0 Å². The van der Waals surface area contributed by atoms with Gasteiger partial charge < -0.3 is 9.47 Å². The molecular formula is C11H16O2. The Morgan fingerprint density at radius 2 is 2.38 bits per heavy atom. The maximum Gasteiger partial charge on any atom is 0.147 e. The van der Waals surface area contributed by atoms with Gasteiger partial charge in [-0.1, -0.05) is 23.8 Å². The molecule has 2 heteroatoms. The van der Waals surface area contributed by atoms with E-state index in [0.29, 0.717) is 18.6 Å². The molecule has 0 saturated heterocycles. The van der Waals surface area contributed by atoms with Crippen molar-refractivity contribution < 1.29 is 9.47 Å². The third kappa shape index (κ3) is 1.34. The molecule has 2 bridgehead atoms. The third-order valence-electron chi connectivity index (χ3n) is 3.17. The Balaban J connectivity index is 2.04. The lowest BCUT2D eigenvalue weighted by molar-refractivity contribution is -0.0816. The van der Waals surface area contributed by atoms with Gasteiger partial charge in [-0.3, -0.25) is 0 Å². The minimum absolute atomic E-state index is 0.206. The molecule has 2 nitrogen and oxygen atoms in total. The van der Waals surface area contributed by atoms with Crippen molar-refractivity contribution >= 4 is 0 Å². The molecule has 3 rings (SSSR count). The van der Waals surface area contributed by atoms with Crippen LogP contribution in [0.1, 0.15) is 13.3 Å². The Morgan fingerprint density at radius 3 is 2.92 bits per heavy atom. The van der Waals surface area contributed by atoms with Crippen LogP contribution in [0.5, 0.6) is 0 Å². The summed E-state index contributed by atoms with van der Waals surface area (Å²) >= 11 is 0. The highest BCUT2D eigenvalue weighted by Gasteiger charge is 2.43. The number of hydrogen-bond donors (Lipinski definition) is 0. The van der Waals surface area contributed by atoms with Crippen LogP contribution >= 0.6 is 0 Å². The van der Waals surface area contributed by atoms with Crippen LogP contribution in [0.3, 0.4) is 0 Å². The summed E-state index contributed by atoms with van der Waals surface area (Å²) in [7, 11) is 1.65.